The van der Waals surface area contributed by atoms with E-state index in [0.717, 1.165) is 5.01 Å². The summed E-state index contributed by atoms with van der Waals surface area (Å²) < 4.78 is 30.6. The Kier molecular flexibility index (Phi) is 5.28. The van der Waals surface area contributed by atoms with Gasteiger partial charge in [-0.1, -0.05) is 20.8 Å². The Morgan fingerprint density at radius 2 is 2.10 bits per heavy atom. The molecule has 1 N–H and O–H groups in total. The van der Waals surface area contributed by atoms with Crippen LogP contribution in [0.25, 0.3) is 0 Å². The number of ether oxygens (including phenoxy) is 1. The maximum atomic E-state index is 11.9. The summed E-state index contributed by atoms with van der Waals surface area (Å²) in [6.45, 7) is 7.44. The SMILES string of the molecule is COC[C@H](C)S(=O)(=O)NC(=O)c1cnc(C(C)(C)C)s1. The molecule has 1 heterocycles. The van der Waals surface area contributed by atoms with E-state index in [4.69, 9.17) is 4.74 Å². The number of nitrogens with one attached hydrogen (secondary N) is 1. The second-order valence-electron chi connectivity index (χ2n) is 5.52. The molecule has 0 aromatic carbocycles. The van der Waals surface area contributed by atoms with Gasteiger partial charge in [0.1, 0.15) is 10.1 Å². The number of sulfonamides is 1. The number of thiazole rings is 1. The van der Waals surface area contributed by atoms with Crippen LogP contribution in [0.1, 0.15) is 42.4 Å². The first-order valence-corrected chi connectivity index (χ1v) is 8.45. The van der Waals surface area contributed by atoms with Crippen LogP contribution in [-0.4, -0.2) is 38.3 Å². The number of rotatable bonds is 5. The predicted molar refractivity (Wildman–Crippen MR) is 78.5 cm³/mol. The van der Waals surface area contributed by atoms with E-state index in [0.29, 0.717) is 0 Å². The summed E-state index contributed by atoms with van der Waals surface area (Å²) in [6.07, 6.45) is 1.40. The lowest BCUT2D eigenvalue weighted by molar-refractivity contribution is 0.0984. The van der Waals surface area contributed by atoms with E-state index in [-0.39, 0.29) is 16.9 Å². The minimum Gasteiger partial charge on any atom is -0.383 e. The monoisotopic (exact) mass is 320 g/mol. The molecule has 1 atom stereocenters. The Balaban J connectivity index is 2.84. The van der Waals surface area contributed by atoms with Gasteiger partial charge in [0, 0.05) is 12.5 Å². The highest BCUT2D eigenvalue weighted by atomic mass is 32.2. The lowest BCUT2D eigenvalue weighted by Gasteiger charge is -2.13. The summed E-state index contributed by atoms with van der Waals surface area (Å²) in [4.78, 5) is 16.4. The van der Waals surface area contributed by atoms with E-state index in [9.17, 15) is 13.2 Å². The van der Waals surface area contributed by atoms with Crippen molar-refractivity contribution in [2.45, 2.75) is 38.4 Å². The highest BCUT2D eigenvalue weighted by Crippen LogP contribution is 2.26. The fourth-order valence-electron chi connectivity index (χ4n) is 1.33. The Morgan fingerprint density at radius 1 is 1.50 bits per heavy atom. The van der Waals surface area contributed by atoms with Crippen LogP contribution in [0.5, 0.6) is 0 Å². The van der Waals surface area contributed by atoms with Crippen LogP contribution in [0.4, 0.5) is 0 Å². The molecular formula is C12H20N2O4S2. The molecule has 0 saturated carbocycles. The number of carbonyl (C=O) groups is 1. The minimum atomic E-state index is -3.74. The second-order valence-corrected chi connectivity index (χ2v) is 8.65. The van der Waals surface area contributed by atoms with Crippen molar-refractivity contribution in [3.8, 4) is 0 Å². The van der Waals surface area contributed by atoms with Crippen molar-refractivity contribution in [2.24, 2.45) is 0 Å². The molecule has 1 rings (SSSR count). The fourth-order valence-corrected chi connectivity index (χ4v) is 3.15. The predicted octanol–water partition coefficient (Wildman–Crippen LogP) is 1.54. The average molecular weight is 320 g/mol. The normalized spacial score (nSPS) is 14.1. The number of hydrogen-bond acceptors (Lipinski definition) is 6. The topological polar surface area (TPSA) is 85.4 Å². The first-order chi connectivity index (χ1) is 9.08. The average Bonchev–Trinajstić information content (AvgIpc) is 2.77. The van der Waals surface area contributed by atoms with Gasteiger partial charge < -0.3 is 4.74 Å². The zero-order valence-corrected chi connectivity index (χ0v) is 13.9. The van der Waals surface area contributed by atoms with Crippen LogP contribution in [0, 0.1) is 0 Å². The molecule has 0 spiro atoms. The zero-order chi connectivity index (χ0) is 15.6. The standard InChI is InChI=1S/C12H20N2O4S2/c1-8(7-18-5)20(16,17)14-10(15)9-6-13-11(19-9)12(2,3)4/h6,8H,7H2,1-5H3,(H,14,15)/t8-/m0/s1. The molecule has 1 aromatic heterocycles. The quantitative estimate of drug-likeness (QED) is 0.889. The summed E-state index contributed by atoms with van der Waals surface area (Å²) in [5.41, 5.74) is -0.175. The molecule has 0 bridgehead atoms. The van der Waals surface area contributed by atoms with Gasteiger partial charge in [0.25, 0.3) is 5.91 Å². The van der Waals surface area contributed by atoms with Gasteiger partial charge in [0.15, 0.2) is 0 Å². The highest BCUT2D eigenvalue weighted by Gasteiger charge is 2.26. The third kappa shape index (κ3) is 4.26. The van der Waals surface area contributed by atoms with E-state index < -0.39 is 21.2 Å². The van der Waals surface area contributed by atoms with Crippen LogP contribution in [-0.2, 0) is 20.2 Å². The van der Waals surface area contributed by atoms with Crippen molar-refractivity contribution in [3.05, 3.63) is 16.1 Å². The van der Waals surface area contributed by atoms with Crippen LogP contribution in [0.3, 0.4) is 0 Å². The molecule has 0 aliphatic carbocycles. The van der Waals surface area contributed by atoms with E-state index >= 15 is 0 Å². The highest BCUT2D eigenvalue weighted by molar-refractivity contribution is 7.90. The van der Waals surface area contributed by atoms with Crippen molar-refractivity contribution in [1.29, 1.82) is 0 Å². The Labute approximate surface area is 123 Å². The zero-order valence-electron chi connectivity index (χ0n) is 12.3. The fraction of sp³-hybridized carbons (Fsp3) is 0.667. The molecule has 1 amide bonds. The van der Waals surface area contributed by atoms with Gasteiger partial charge in [-0.25, -0.2) is 18.1 Å². The second kappa shape index (κ2) is 6.19. The number of carbonyl (C=O) groups excluding carboxylic acids is 1. The number of aromatic nitrogens is 1. The lowest BCUT2D eigenvalue weighted by Crippen LogP contribution is -2.38. The summed E-state index contributed by atoms with van der Waals surface area (Å²) >= 11 is 1.19. The summed E-state index contributed by atoms with van der Waals surface area (Å²) in [5, 5.41) is -0.0172. The number of methoxy groups -OCH3 is 1. The van der Waals surface area contributed by atoms with Crippen molar-refractivity contribution in [1.82, 2.24) is 9.71 Å². The van der Waals surface area contributed by atoms with Crippen molar-refractivity contribution >= 4 is 27.3 Å². The van der Waals surface area contributed by atoms with E-state index in [1.165, 1.54) is 31.6 Å². The first-order valence-electron chi connectivity index (χ1n) is 6.09. The van der Waals surface area contributed by atoms with Crippen molar-refractivity contribution < 1.29 is 17.9 Å². The molecule has 8 heteroatoms. The largest absolute Gasteiger partial charge is 0.383 e. The Hall–Kier alpha value is -0.990. The van der Waals surface area contributed by atoms with Crippen LogP contribution in [0.2, 0.25) is 0 Å². The maximum absolute atomic E-state index is 11.9. The molecular weight excluding hydrogens is 300 g/mol. The maximum Gasteiger partial charge on any atom is 0.276 e. The molecule has 0 aliphatic rings. The van der Waals surface area contributed by atoms with Crippen LogP contribution < -0.4 is 4.72 Å². The summed E-state index contributed by atoms with van der Waals surface area (Å²) in [6, 6.07) is 0. The van der Waals surface area contributed by atoms with Gasteiger partial charge >= 0.3 is 0 Å². The smallest absolute Gasteiger partial charge is 0.276 e. The van der Waals surface area contributed by atoms with Crippen LogP contribution in [0.15, 0.2) is 6.20 Å². The molecule has 1 aromatic rings. The molecule has 20 heavy (non-hydrogen) atoms. The molecule has 0 fully saturated rings. The first kappa shape index (κ1) is 17.1. The van der Waals surface area contributed by atoms with Crippen molar-refractivity contribution in [3.63, 3.8) is 0 Å². The number of hydrogen-bond donors (Lipinski definition) is 1. The molecule has 6 nitrogen and oxygen atoms in total. The number of amides is 1. The van der Waals surface area contributed by atoms with E-state index in [1.54, 1.807) is 0 Å². The summed E-state index contributed by atoms with van der Waals surface area (Å²) in [5.74, 6) is -0.652. The molecule has 0 unspecified atom stereocenters. The third-order valence-electron chi connectivity index (χ3n) is 2.54. The molecule has 0 radical (unpaired) electrons. The van der Waals surface area contributed by atoms with Gasteiger partial charge in [0.05, 0.1) is 17.8 Å². The molecule has 0 saturated heterocycles. The Morgan fingerprint density at radius 3 is 2.55 bits per heavy atom. The van der Waals surface area contributed by atoms with E-state index in [1.807, 2.05) is 25.5 Å². The van der Waals surface area contributed by atoms with Gasteiger partial charge in [-0.15, -0.1) is 11.3 Å². The van der Waals surface area contributed by atoms with Crippen LogP contribution >= 0.6 is 11.3 Å². The van der Waals surface area contributed by atoms with Crippen molar-refractivity contribution in [2.75, 3.05) is 13.7 Å². The summed E-state index contributed by atoms with van der Waals surface area (Å²) in [7, 11) is -2.33. The minimum absolute atomic E-state index is 0.0263. The molecule has 114 valence electrons. The lowest BCUT2D eigenvalue weighted by atomic mass is 9.98. The Bertz CT molecular complexity index is 573. The van der Waals surface area contributed by atoms with Gasteiger partial charge in [0.2, 0.25) is 10.0 Å². The third-order valence-corrected chi connectivity index (χ3v) is 5.62. The van der Waals surface area contributed by atoms with E-state index in [2.05, 4.69) is 4.98 Å². The van der Waals surface area contributed by atoms with Gasteiger partial charge in [-0.3, -0.25) is 4.79 Å². The van der Waals surface area contributed by atoms with Gasteiger partial charge in [-0.05, 0) is 6.92 Å². The van der Waals surface area contributed by atoms with Gasteiger partial charge in [-0.2, -0.15) is 0 Å². The molecule has 0 aliphatic heterocycles. The number of nitrogens with zero attached hydrogens (tertiary/aromatic N) is 1.